The molecule has 0 spiro atoms. The molecular weight excluding hydrogens is 276 g/mol. The van der Waals surface area contributed by atoms with Gasteiger partial charge in [0.15, 0.2) is 0 Å². The average Bonchev–Trinajstić information content (AvgIpc) is 2.91. The van der Waals surface area contributed by atoms with Crippen LogP contribution >= 0.6 is 0 Å². The van der Waals surface area contributed by atoms with E-state index in [4.69, 9.17) is 4.74 Å². The molecule has 4 rings (SSSR count). The highest BCUT2D eigenvalue weighted by Crippen LogP contribution is 2.30. The summed E-state index contributed by atoms with van der Waals surface area (Å²) in [5.74, 6) is 0.152. The predicted molar refractivity (Wildman–Crippen MR) is 86.0 cm³/mol. The Balaban J connectivity index is 1.68. The van der Waals surface area contributed by atoms with Gasteiger partial charge in [-0.3, -0.25) is 4.79 Å². The molecule has 2 atom stereocenters. The van der Waals surface area contributed by atoms with Crippen molar-refractivity contribution in [2.75, 3.05) is 13.2 Å². The number of para-hydroxylation sites is 1. The van der Waals surface area contributed by atoms with E-state index in [1.165, 1.54) is 12.8 Å². The topological polar surface area (TPSA) is 34.5 Å². The molecule has 4 heteroatoms. The zero-order chi connectivity index (χ0) is 15.1. The van der Waals surface area contributed by atoms with Gasteiger partial charge in [0.2, 0.25) is 0 Å². The molecule has 0 bridgehead atoms. The van der Waals surface area contributed by atoms with Gasteiger partial charge in [-0.1, -0.05) is 31.0 Å². The molecular formula is C18H22N2O2. The molecule has 2 aromatic rings. The summed E-state index contributed by atoms with van der Waals surface area (Å²) >= 11 is 0. The van der Waals surface area contributed by atoms with Crippen LogP contribution in [0.2, 0.25) is 0 Å². The number of aromatic nitrogens is 1. The third-order valence-corrected chi connectivity index (χ3v) is 5.16. The Morgan fingerprint density at radius 3 is 2.91 bits per heavy atom. The van der Waals surface area contributed by atoms with E-state index in [9.17, 15) is 4.79 Å². The quantitative estimate of drug-likeness (QED) is 0.811. The molecule has 1 aromatic heterocycles. The van der Waals surface area contributed by atoms with E-state index < -0.39 is 0 Å². The smallest absolute Gasteiger partial charge is 0.270 e. The number of hydrogen-bond acceptors (Lipinski definition) is 2. The largest absolute Gasteiger partial charge is 0.374 e. The van der Waals surface area contributed by atoms with Crippen molar-refractivity contribution >= 4 is 16.8 Å². The Kier molecular flexibility index (Phi) is 3.41. The average molecular weight is 298 g/mol. The monoisotopic (exact) mass is 298 g/mol. The molecule has 2 fully saturated rings. The molecule has 22 heavy (non-hydrogen) atoms. The summed E-state index contributed by atoms with van der Waals surface area (Å²) in [5, 5.41) is 1.13. The molecule has 116 valence electrons. The number of amides is 1. The van der Waals surface area contributed by atoms with Crippen molar-refractivity contribution in [2.24, 2.45) is 7.05 Å². The van der Waals surface area contributed by atoms with E-state index >= 15 is 0 Å². The molecule has 0 radical (unpaired) electrons. The number of morpholine rings is 1. The molecule has 2 heterocycles. The van der Waals surface area contributed by atoms with E-state index in [1.807, 2.05) is 29.8 Å². The second-order valence-electron chi connectivity index (χ2n) is 6.41. The zero-order valence-corrected chi connectivity index (χ0v) is 13.0. The summed E-state index contributed by atoms with van der Waals surface area (Å²) in [6, 6.07) is 10.4. The summed E-state index contributed by atoms with van der Waals surface area (Å²) in [6.07, 6.45) is 4.81. The number of hydrogen-bond donors (Lipinski definition) is 0. The van der Waals surface area contributed by atoms with Gasteiger partial charge >= 0.3 is 0 Å². The molecule has 4 nitrogen and oxygen atoms in total. The van der Waals surface area contributed by atoms with Gasteiger partial charge < -0.3 is 14.2 Å². The standard InChI is InChI=1S/C18H22N2O2/c1-19-14-7-3-2-6-13(14)12-16(19)18(21)20-10-11-22-17-9-5-4-8-15(17)20/h2-3,6-7,12,15,17H,4-5,8-11H2,1H3. The molecule has 1 aliphatic heterocycles. The van der Waals surface area contributed by atoms with Crippen LogP contribution in [-0.2, 0) is 11.8 Å². The van der Waals surface area contributed by atoms with Gasteiger partial charge in [0.1, 0.15) is 5.69 Å². The van der Waals surface area contributed by atoms with Crippen LogP contribution in [0.25, 0.3) is 10.9 Å². The maximum atomic E-state index is 13.1. The minimum atomic E-state index is 0.152. The molecule has 0 N–H and O–H groups in total. The van der Waals surface area contributed by atoms with Crippen LogP contribution in [0.15, 0.2) is 30.3 Å². The summed E-state index contributed by atoms with van der Waals surface area (Å²) in [6.45, 7) is 1.37. The van der Waals surface area contributed by atoms with Crippen molar-refractivity contribution in [2.45, 2.75) is 37.8 Å². The van der Waals surface area contributed by atoms with Gasteiger partial charge in [0.25, 0.3) is 5.91 Å². The van der Waals surface area contributed by atoms with Crippen LogP contribution < -0.4 is 0 Å². The Labute approximate surface area is 130 Å². The summed E-state index contributed by atoms with van der Waals surface area (Å²) in [5.41, 5.74) is 1.90. The number of ether oxygens (including phenoxy) is 1. The number of nitrogens with zero attached hydrogens (tertiary/aromatic N) is 2. The third kappa shape index (κ3) is 2.13. The fourth-order valence-corrected chi connectivity index (χ4v) is 3.99. The molecule has 1 saturated heterocycles. The van der Waals surface area contributed by atoms with Crippen LogP contribution in [0.4, 0.5) is 0 Å². The first kappa shape index (κ1) is 13.8. The van der Waals surface area contributed by atoms with Gasteiger partial charge in [-0.25, -0.2) is 0 Å². The van der Waals surface area contributed by atoms with E-state index in [2.05, 4.69) is 17.0 Å². The van der Waals surface area contributed by atoms with E-state index in [1.54, 1.807) is 0 Å². The minimum absolute atomic E-state index is 0.152. The van der Waals surface area contributed by atoms with E-state index in [-0.39, 0.29) is 18.1 Å². The number of fused-ring (bicyclic) bond motifs is 2. The molecule has 1 aromatic carbocycles. The Morgan fingerprint density at radius 2 is 2.05 bits per heavy atom. The van der Waals surface area contributed by atoms with Crippen LogP contribution in [0.5, 0.6) is 0 Å². The number of rotatable bonds is 1. The molecule has 1 amide bonds. The predicted octanol–water partition coefficient (Wildman–Crippen LogP) is 2.96. The molecule has 2 unspecified atom stereocenters. The van der Waals surface area contributed by atoms with Crippen molar-refractivity contribution < 1.29 is 9.53 Å². The summed E-state index contributed by atoms with van der Waals surface area (Å²) < 4.78 is 7.91. The Hall–Kier alpha value is -1.81. The van der Waals surface area contributed by atoms with Gasteiger partial charge in [0, 0.05) is 24.5 Å². The second-order valence-corrected chi connectivity index (χ2v) is 6.41. The lowest BCUT2D eigenvalue weighted by Crippen LogP contribution is -2.55. The number of carbonyl (C=O) groups is 1. The Morgan fingerprint density at radius 1 is 1.23 bits per heavy atom. The maximum Gasteiger partial charge on any atom is 0.270 e. The van der Waals surface area contributed by atoms with Crippen LogP contribution in [0.3, 0.4) is 0 Å². The Bertz CT molecular complexity index is 704. The van der Waals surface area contributed by atoms with Crippen LogP contribution in [-0.4, -0.2) is 40.7 Å². The van der Waals surface area contributed by atoms with Crippen molar-refractivity contribution in [1.29, 1.82) is 0 Å². The second kappa shape index (κ2) is 5.43. The van der Waals surface area contributed by atoms with Crippen molar-refractivity contribution in [1.82, 2.24) is 9.47 Å². The summed E-state index contributed by atoms with van der Waals surface area (Å²) in [7, 11) is 1.98. The first-order chi connectivity index (χ1) is 10.8. The maximum absolute atomic E-state index is 13.1. The van der Waals surface area contributed by atoms with Gasteiger partial charge in [-0.15, -0.1) is 0 Å². The van der Waals surface area contributed by atoms with Gasteiger partial charge in [-0.2, -0.15) is 0 Å². The lowest BCUT2D eigenvalue weighted by Gasteiger charge is -2.43. The SMILES string of the molecule is Cn1c(C(=O)N2CCOC3CCCCC32)cc2ccccc21. The normalized spacial score (nSPS) is 25.2. The fraction of sp³-hybridized carbons (Fsp3) is 0.500. The number of carbonyl (C=O) groups excluding carboxylic acids is 1. The highest BCUT2D eigenvalue weighted by Gasteiger charge is 2.37. The first-order valence-electron chi connectivity index (χ1n) is 8.23. The summed E-state index contributed by atoms with van der Waals surface area (Å²) in [4.78, 5) is 15.2. The highest BCUT2D eigenvalue weighted by atomic mass is 16.5. The van der Waals surface area contributed by atoms with E-state index in [0.717, 1.165) is 29.4 Å². The minimum Gasteiger partial charge on any atom is -0.374 e. The van der Waals surface area contributed by atoms with Crippen molar-refractivity contribution in [3.05, 3.63) is 36.0 Å². The van der Waals surface area contributed by atoms with Crippen molar-refractivity contribution in [3.8, 4) is 0 Å². The van der Waals surface area contributed by atoms with Crippen molar-refractivity contribution in [3.63, 3.8) is 0 Å². The van der Waals surface area contributed by atoms with Crippen LogP contribution in [0, 0.1) is 0 Å². The number of benzene rings is 1. The fourth-order valence-electron chi connectivity index (χ4n) is 3.99. The third-order valence-electron chi connectivity index (χ3n) is 5.16. The molecule has 1 saturated carbocycles. The highest BCUT2D eigenvalue weighted by molar-refractivity contribution is 5.99. The lowest BCUT2D eigenvalue weighted by atomic mass is 9.90. The van der Waals surface area contributed by atoms with Gasteiger partial charge in [0.05, 0.1) is 18.8 Å². The van der Waals surface area contributed by atoms with E-state index in [0.29, 0.717) is 13.2 Å². The molecule has 2 aliphatic rings. The first-order valence-corrected chi connectivity index (χ1v) is 8.23. The lowest BCUT2D eigenvalue weighted by molar-refractivity contribution is -0.0754. The van der Waals surface area contributed by atoms with Gasteiger partial charge in [-0.05, 0) is 25.0 Å². The van der Waals surface area contributed by atoms with Crippen LogP contribution in [0.1, 0.15) is 36.2 Å². The number of aryl methyl sites for hydroxylation is 1. The zero-order valence-electron chi connectivity index (χ0n) is 13.0. The molecule has 1 aliphatic carbocycles.